The summed E-state index contributed by atoms with van der Waals surface area (Å²) in [6, 6.07) is 11.9. The molecule has 1 aliphatic heterocycles. The lowest BCUT2D eigenvalue weighted by molar-refractivity contribution is 1.01. The van der Waals surface area contributed by atoms with E-state index in [2.05, 4.69) is 22.1 Å². The van der Waals surface area contributed by atoms with E-state index in [4.69, 9.17) is 0 Å². The third-order valence-electron chi connectivity index (χ3n) is 2.70. The van der Waals surface area contributed by atoms with E-state index in [9.17, 15) is 0 Å². The lowest BCUT2D eigenvalue weighted by Gasteiger charge is -2.00. The number of rotatable bonds is 1. The summed E-state index contributed by atoms with van der Waals surface area (Å²) in [6.45, 7) is 0.786. The molecule has 0 fully saturated rings. The molecular weight excluding hydrogens is 244 g/mol. The molecule has 0 atom stereocenters. The zero-order valence-corrected chi connectivity index (χ0v) is 11.4. The summed E-state index contributed by atoms with van der Waals surface area (Å²) in [4.78, 5) is 8.92. The number of hydrogen-bond acceptors (Lipinski definition) is 2. The van der Waals surface area contributed by atoms with Gasteiger partial charge in [0.05, 0.1) is 5.71 Å². The Morgan fingerprint density at radius 3 is 2.70 bits per heavy atom. The minimum absolute atomic E-state index is 0.786. The molecule has 2 heterocycles. The van der Waals surface area contributed by atoms with Gasteiger partial charge in [0.2, 0.25) is 0 Å². The van der Waals surface area contributed by atoms with Crippen LogP contribution < -0.4 is 0 Å². The van der Waals surface area contributed by atoms with Gasteiger partial charge in [-0.3, -0.25) is 9.98 Å². The molecule has 0 unspecified atom stereocenters. The Labute approximate surface area is 120 Å². The van der Waals surface area contributed by atoms with Crippen molar-refractivity contribution >= 4 is 5.71 Å². The molecule has 0 N–H and O–H groups in total. The second-order valence-electron chi connectivity index (χ2n) is 4.24. The van der Waals surface area contributed by atoms with Crippen molar-refractivity contribution in [3.63, 3.8) is 0 Å². The van der Waals surface area contributed by atoms with Gasteiger partial charge in [0, 0.05) is 24.5 Å². The van der Waals surface area contributed by atoms with Crippen LogP contribution in [0.5, 0.6) is 0 Å². The second kappa shape index (κ2) is 8.59. The van der Waals surface area contributed by atoms with Gasteiger partial charge in [-0.1, -0.05) is 60.7 Å². The van der Waals surface area contributed by atoms with Crippen molar-refractivity contribution in [3.05, 3.63) is 90.8 Å². The molecule has 20 heavy (non-hydrogen) atoms. The second-order valence-corrected chi connectivity index (χ2v) is 4.24. The molecule has 0 aromatic carbocycles. The van der Waals surface area contributed by atoms with Crippen molar-refractivity contribution < 1.29 is 0 Å². The van der Waals surface area contributed by atoms with Gasteiger partial charge in [-0.05, 0) is 18.6 Å². The van der Waals surface area contributed by atoms with Gasteiger partial charge in [-0.2, -0.15) is 0 Å². The predicted octanol–water partition coefficient (Wildman–Crippen LogP) is 4.07. The third kappa shape index (κ3) is 5.02. The Balaban J connectivity index is 2.37. The smallest absolute Gasteiger partial charge is 0.0662 e. The van der Waals surface area contributed by atoms with E-state index in [0.29, 0.717) is 0 Å². The minimum Gasteiger partial charge on any atom is -0.284 e. The summed E-state index contributed by atoms with van der Waals surface area (Å²) < 4.78 is 0. The van der Waals surface area contributed by atoms with Crippen LogP contribution in [0.1, 0.15) is 12.0 Å². The molecule has 0 spiro atoms. The Hall–Kier alpha value is -2.48. The highest BCUT2D eigenvalue weighted by Crippen LogP contribution is 2.02. The maximum atomic E-state index is 4.64. The molecule has 0 radical (unpaired) electrons. The third-order valence-corrected chi connectivity index (χ3v) is 2.70. The number of allylic oxidation sites excluding steroid dienone is 5. The van der Waals surface area contributed by atoms with E-state index in [0.717, 1.165) is 24.2 Å². The number of nitrogens with zero attached hydrogens (tertiary/aromatic N) is 2. The Morgan fingerprint density at radius 2 is 1.70 bits per heavy atom. The van der Waals surface area contributed by atoms with Crippen LogP contribution in [0.2, 0.25) is 0 Å². The first kappa shape index (κ1) is 13.9. The lowest BCUT2D eigenvalue weighted by Crippen LogP contribution is -1.98. The average molecular weight is 262 g/mol. The fourth-order valence-corrected chi connectivity index (χ4v) is 1.72. The van der Waals surface area contributed by atoms with Crippen LogP contribution >= 0.6 is 0 Å². The Kier molecular flexibility index (Phi) is 5.99. The molecule has 2 heteroatoms. The van der Waals surface area contributed by atoms with Crippen molar-refractivity contribution in [3.8, 4) is 0 Å². The monoisotopic (exact) mass is 262 g/mol. The van der Waals surface area contributed by atoms with Crippen molar-refractivity contribution in [2.75, 3.05) is 6.54 Å². The van der Waals surface area contributed by atoms with Gasteiger partial charge in [0.15, 0.2) is 0 Å². The zero-order chi connectivity index (χ0) is 13.9. The summed E-state index contributed by atoms with van der Waals surface area (Å²) >= 11 is 0. The van der Waals surface area contributed by atoms with Gasteiger partial charge in [-0.15, -0.1) is 0 Å². The van der Waals surface area contributed by atoms with Crippen molar-refractivity contribution in [2.24, 2.45) is 4.99 Å². The van der Waals surface area contributed by atoms with Crippen LogP contribution in [0.25, 0.3) is 0 Å². The van der Waals surface area contributed by atoms with Gasteiger partial charge in [0.25, 0.3) is 0 Å². The van der Waals surface area contributed by atoms with E-state index in [1.54, 1.807) is 6.20 Å². The highest BCUT2D eigenvalue weighted by molar-refractivity contribution is 6.08. The summed E-state index contributed by atoms with van der Waals surface area (Å²) in [6.07, 6.45) is 16.8. The number of aromatic nitrogens is 1. The minimum atomic E-state index is 0.786. The maximum absolute atomic E-state index is 4.64. The van der Waals surface area contributed by atoms with Crippen LogP contribution in [0, 0.1) is 0 Å². The molecule has 0 saturated carbocycles. The first-order chi connectivity index (χ1) is 9.97. The molecule has 1 aromatic rings. The largest absolute Gasteiger partial charge is 0.284 e. The van der Waals surface area contributed by atoms with Crippen molar-refractivity contribution in [2.45, 2.75) is 6.42 Å². The summed E-state index contributed by atoms with van der Waals surface area (Å²) in [5.74, 6) is 0. The fourth-order valence-electron chi connectivity index (χ4n) is 1.72. The summed E-state index contributed by atoms with van der Waals surface area (Å²) in [5, 5.41) is 0. The van der Waals surface area contributed by atoms with E-state index in [1.165, 1.54) is 0 Å². The van der Waals surface area contributed by atoms with Gasteiger partial charge < -0.3 is 0 Å². The fraction of sp³-hybridized carbons (Fsp3) is 0.111. The molecule has 0 aliphatic carbocycles. The zero-order valence-electron chi connectivity index (χ0n) is 11.4. The molecule has 2 nitrogen and oxygen atoms in total. The van der Waals surface area contributed by atoms with Crippen LogP contribution in [0.4, 0.5) is 0 Å². The topological polar surface area (TPSA) is 25.2 Å². The predicted molar refractivity (Wildman–Crippen MR) is 85.3 cm³/mol. The Bertz CT molecular complexity index is 569. The molecular formula is C18H18N2. The van der Waals surface area contributed by atoms with Crippen LogP contribution in [0.15, 0.2) is 90.2 Å². The normalized spacial score (nSPS) is 14.3. The van der Waals surface area contributed by atoms with Gasteiger partial charge in [0.1, 0.15) is 0 Å². The standard InChI is InChI=1S/C18H18N2/c1-2-7-11-15-20-18(13-9-5-1)17-12-8-4-3-6-10-14-19-16-17/h1-10,12-14,16H,11,15H2. The van der Waals surface area contributed by atoms with Crippen LogP contribution in [-0.4, -0.2) is 17.2 Å². The summed E-state index contributed by atoms with van der Waals surface area (Å²) in [5.41, 5.74) is 1.96. The first-order valence-electron chi connectivity index (χ1n) is 6.75. The highest BCUT2D eigenvalue weighted by atomic mass is 14.7. The molecule has 0 saturated heterocycles. The molecule has 0 bridgehead atoms. The summed E-state index contributed by atoms with van der Waals surface area (Å²) in [7, 11) is 0. The first-order valence-corrected chi connectivity index (χ1v) is 6.75. The van der Waals surface area contributed by atoms with E-state index < -0.39 is 0 Å². The lowest BCUT2D eigenvalue weighted by atomic mass is 10.1. The number of hydrogen-bond donors (Lipinski definition) is 0. The van der Waals surface area contributed by atoms with Crippen LogP contribution in [0.3, 0.4) is 0 Å². The quantitative estimate of drug-likeness (QED) is 0.749. The average Bonchev–Trinajstić information content (AvgIpc) is 2.50. The SMILES string of the molecule is C1=CC=CC(c2cccccccnc2)=NCCC=C1. The Morgan fingerprint density at radius 1 is 0.850 bits per heavy atom. The molecule has 0 amide bonds. The van der Waals surface area contributed by atoms with Gasteiger partial charge in [-0.25, -0.2) is 0 Å². The molecule has 100 valence electrons. The maximum Gasteiger partial charge on any atom is 0.0662 e. The van der Waals surface area contributed by atoms with Crippen molar-refractivity contribution in [1.82, 2.24) is 4.98 Å². The van der Waals surface area contributed by atoms with Gasteiger partial charge >= 0.3 is 0 Å². The van der Waals surface area contributed by atoms with E-state index in [1.807, 2.05) is 66.9 Å². The molecule has 1 aliphatic rings. The van der Waals surface area contributed by atoms with Crippen molar-refractivity contribution in [1.29, 1.82) is 0 Å². The van der Waals surface area contributed by atoms with Crippen LogP contribution in [-0.2, 0) is 0 Å². The van der Waals surface area contributed by atoms with E-state index >= 15 is 0 Å². The molecule has 1 aromatic heterocycles. The van der Waals surface area contributed by atoms with E-state index in [-0.39, 0.29) is 0 Å². The number of aliphatic imine (C=N–C) groups is 1. The molecule has 2 rings (SSSR count). The highest BCUT2D eigenvalue weighted by Gasteiger charge is 1.97.